The van der Waals surface area contributed by atoms with E-state index in [1.165, 1.54) is 13.8 Å². The van der Waals surface area contributed by atoms with Crippen LogP contribution >= 0.6 is 0 Å². The van der Waals surface area contributed by atoms with Crippen LogP contribution in [-0.4, -0.2) is 53.5 Å². The number of carboxylic acids is 2. The number of carbonyl (C=O) groups is 4. The lowest BCUT2D eigenvalue weighted by molar-refractivity contribution is -0.167. The van der Waals surface area contributed by atoms with Crippen molar-refractivity contribution in [3.63, 3.8) is 0 Å². The van der Waals surface area contributed by atoms with Gasteiger partial charge in [0.05, 0.1) is 13.2 Å². The molecule has 0 aliphatic rings. The summed E-state index contributed by atoms with van der Waals surface area (Å²) in [5.41, 5.74) is -1.58. The van der Waals surface area contributed by atoms with Crippen molar-refractivity contribution in [2.75, 3.05) is 13.2 Å². The number of hydrogen-bond donors (Lipinski definition) is 2. The van der Waals surface area contributed by atoms with E-state index in [0.29, 0.717) is 0 Å². The lowest BCUT2D eigenvalue weighted by Crippen LogP contribution is -2.38. The largest absolute Gasteiger partial charge is 0.480 e. The molecule has 0 aliphatic heterocycles. The first kappa shape index (κ1) is 27.9. The average molecular weight is 416 g/mol. The fourth-order valence-electron chi connectivity index (χ4n) is 2.07. The predicted octanol–water partition coefficient (Wildman–Crippen LogP) is 3.03. The monoisotopic (exact) mass is 416 g/mol. The molecule has 0 atom stereocenters. The molecular formula is C17H27F3O8. The maximum atomic E-state index is 12.0. The Morgan fingerprint density at radius 1 is 0.821 bits per heavy atom. The van der Waals surface area contributed by atoms with E-state index in [-0.39, 0.29) is 26.1 Å². The molecule has 0 saturated carbocycles. The van der Waals surface area contributed by atoms with Gasteiger partial charge in [0.1, 0.15) is 0 Å². The summed E-state index contributed by atoms with van der Waals surface area (Å²) in [6.07, 6.45) is -6.06. The Labute approximate surface area is 161 Å². The van der Waals surface area contributed by atoms with E-state index in [1.54, 1.807) is 13.8 Å². The minimum Gasteiger partial charge on any atom is -0.480 e. The summed E-state index contributed by atoms with van der Waals surface area (Å²) in [5, 5.41) is 17.2. The van der Waals surface area contributed by atoms with E-state index in [9.17, 15) is 32.3 Å². The molecule has 0 rings (SSSR count). The van der Waals surface area contributed by atoms with Crippen molar-refractivity contribution in [2.45, 2.75) is 59.6 Å². The third kappa shape index (κ3) is 9.56. The van der Waals surface area contributed by atoms with E-state index in [4.69, 9.17) is 10.2 Å². The zero-order valence-corrected chi connectivity index (χ0v) is 16.3. The van der Waals surface area contributed by atoms with E-state index < -0.39 is 54.2 Å². The fourth-order valence-corrected chi connectivity index (χ4v) is 2.07. The molecule has 0 saturated heterocycles. The number of halogens is 3. The predicted molar refractivity (Wildman–Crippen MR) is 90.3 cm³/mol. The fraction of sp³-hybridized carbons (Fsp3) is 0.765. The van der Waals surface area contributed by atoms with Crippen LogP contribution in [-0.2, 0) is 28.7 Å². The molecule has 8 nitrogen and oxygen atoms in total. The van der Waals surface area contributed by atoms with Crippen LogP contribution in [0.2, 0.25) is 0 Å². The normalized spacial score (nSPS) is 11.3. The highest BCUT2D eigenvalue weighted by atomic mass is 19.4. The van der Waals surface area contributed by atoms with Gasteiger partial charge in [0, 0.05) is 6.42 Å². The average Bonchev–Trinajstić information content (AvgIpc) is 2.56. The summed E-state index contributed by atoms with van der Waals surface area (Å²) in [7, 11) is 0. The van der Waals surface area contributed by atoms with Gasteiger partial charge in [-0.25, -0.2) is 0 Å². The smallest absolute Gasteiger partial charge is 0.389 e. The van der Waals surface area contributed by atoms with Crippen LogP contribution in [0, 0.1) is 11.3 Å². The first-order valence-corrected chi connectivity index (χ1v) is 8.69. The number of ether oxygens (including phenoxy) is 2. The van der Waals surface area contributed by atoms with E-state index >= 15 is 0 Å². The second kappa shape index (κ2) is 12.9. The highest BCUT2D eigenvalue weighted by molar-refractivity contribution is 5.98. The lowest BCUT2D eigenvalue weighted by atomic mass is 9.83. The Kier molecular flexibility index (Phi) is 12.9. The molecule has 0 aromatic rings. The highest BCUT2D eigenvalue weighted by Gasteiger charge is 2.42. The van der Waals surface area contributed by atoms with Gasteiger partial charge in [-0.05, 0) is 33.1 Å². The number of esters is 2. The molecular weight excluding hydrogens is 389 g/mol. The van der Waals surface area contributed by atoms with Crippen LogP contribution < -0.4 is 0 Å². The first-order chi connectivity index (χ1) is 12.8. The summed E-state index contributed by atoms with van der Waals surface area (Å²) in [5.74, 6) is -5.97. The van der Waals surface area contributed by atoms with Gasteiger partial charge < -0.3 is 19.7 Å². The van der Waals surface area contributed by atoms with E-state index in [0.717, 1.165) is 0 Å². The standard InChI is InChI=1S/C10H15F3O4.C7H12O4/c1-3-16-8(14)7(9(15)17-4-2)5-6-10(11,12)13;1-3-7(4-2,5(8)9)6(10)11/h7H,3-6H2,1-2H3;3-4H2,1-2H3,(H,8,9)(H,10,11). The molecule has 0 unspecified atom stereocenters. The molecule has 11 heteroatoms. The van der Waals surface area contributed by atoms with Crippen LogP contribution in [0.25, 0.3) is 0 Å². The van der Waals surface area contributed by atoms with Crippen molar-refractivity contribution in [2.24, 2.45) is 11.3 Å². The molecule has 0 heterocycles. The van der Waals surface area contributed by atoms with Gasteiger partial charge in [0.25, 0.3) is 0 Å². The Morgan fingerprint density at radius 2 is 1.18 bits per heavy atom. The molecule has 2 N–H and O–H groups in total. The van der Waals surface area contributed by atoms with Gasteiger partial charge in [-0.3, -0.25) is 19.2 Å². The van der Waals surface area contributed by atoms with E-state index in [2.05, 4.69) is 9.47 Å². The maximum Gasteiger partial charge on any atom is 0.389 e. The van der Waals surface area contributed by atoms with Crippen LogP contribution in [0.1, 0.15) is 53.4 Å². The molecule has 0 aromatic carbocycles. The van der Waals surface area contributed by atoms with Crippen molar-refractivity contribution in [3.05, 3.63) is 0 Å². The van der Waals surface area contributed by atoms with Crippen molar-refractivity contribution in [1.29, 1.82) is 0 Å². The number of alkyl halides is 3. The van der Waals surface area contributed by atoms with Gasteiger partial charge in [-0.2, -0.15) is 13.2 Å². The second-order valence-electron chi connectivity index (χ2n) is 5.61. The number of carbonyl (C=O) groups excluding carboxylic acids is 2. The van der Waals surface area contributed by atoms with E-state index in [1.807, 2.05) is 0 Å². The zero-order chi connectivity index (χ0) is 22.5. The topological polar surface area (TPSA) is 127 Å². The van der Waals surface area contributed by atoms with Gasteiger partial charge in [0.15, 0.2) is 11.3 Å². The van der Waals surface area contributed by atoms with Crippen LogP contribution in [0.3, 0.4) is 0 Å². The van der Waals surface area contributed by atoms with Crippen molar-refractivity contribution in [1.82, 2.24) is 0 Å². The van der Waals surface area contributed by atoms with Crippen molar-refractivity contribution < 1.29 is 52.0 Å². The van der Waals surface area contributed by atoms with Crippen molar-refractivity contribution in [3.8, 4) is 0 Å². The summed E-state index contributed by atoms with van der Waals surface area (Å²) >= 11 is 0. The third-order valence-electron chi connectivity index (χ3n) is 3.88. The minimum atomic E-state index is -4.42. The van der Waals surface area contributed by atoms with Crippen molar-refractivity contribution >= 4 is 23.9 Å². The molecule has 0 aliphatic carbocycles. The number of aliphatic carboxylic acids is 2. The van der Waals surface area contributed by atoms with Gasteiger partial charge >= 0.3 is 30.1 Å². The van der Waals surface area contributed by atoms with Gasteiger partial charge in [0.2, 0.25) is 0 Å². The highest BCUT2D eigenvalue weighted by Crippen LogP contribution is 2.27. The Morgan fingerprint density at radius 3 is 1.36 bits per heavy atom. The molecule has 0 amide bonds. The third-order valence-corrected chi connectivity index (χ3v) is 3.88. The first-order valence-electron chi connectivity index (χ1n) is 8.69. The molecule has 0 fully saturated rings. The quantitative estimate of drug-likeness (QED) is 0.411. The molecule has 0 aromatic heterocycles. The minimum absolute atomic E-state index is 0.000750. The number of carboxylic acid groups (broad SMARTS) is 2. The molecule has 0 spiro atoms. The summed E-state index contributed by atoms with van der Waals surface area (Å²) in [4.78, 5) is 43.7. The summed E-state index contributed by atoms with van der Waals surface area (Å²) in [6.45, 7) is 6.13. The molecule has 164 valence electrons. The second-order valence-corrected chi connectivity index (χ2v) is 5.61. The number of rotatable bonds is 10. The molecule has 28 heavy (non-hydrogen) atoms. The van der Waals surface area contributed by atoms with Crippen LogP contribution in [0.5, 0.6) is 0 Å². The molecule has 0 bridgehead atoms. The van der Waals surface area contributed by atoms with Gasteiger partial charge in [-0.1, -0.05) is 13.8 Å². The Bertz CT molecular complexity index is 493. The molecule has 0 radical (unpaired) electrons. The summed E-state index contributed by atoms with van der Waals surface area (Å²) in [6, 6.07) is 0. The SMILES string of the molecule is CCC(CC)(C(=O)O)C(=O)O.CCOC(=O)C(CCC(F)(F)F)C(=O)OCC. The van der Waals surface area contributed by atoms with Crippen LogP contribution in [0.15, 0.2) is 0 Å². The maximum absolute atomic E-state index is 12.0. The summed E-state index contributed by atoms with van der Waals surface area (Å²) < 4.78 is 45.1. The van der Waals surface area contributed by atoms with Crippen LogP contribution in [0.4, 0.5) is 13.2 Å². The zero-order valence-electron chi connectivity index (χ0n) is 16.3. The number of hydrogen-bond acceptors (Lipinski definition) is 6. The Hall–Kier alpha value is -2.33. The van der Waals surface area contributed by atoms with Gasteiger partial charge in [-0.15, -0.1) is 0 Å². The Balaban J connectivity index is 0. The lowest BCUT2D eigenvalue weighted by Gasteiger charge is -2.20.